The summed E-state index contributed by atoms with van der Waals surface area (Å²) in [5.41, 5.74) is 4.61. The van der Waals surface area contributed by atoms with Crippen molar-refractivity contribution in [2.75, 3.05) is 20.6 Å². The molecule has 31 heavy (non-hydrogen) atoms. The molecule has 3 rings (SSSR count). The van der Waals surface area contributed by atoms with E-state index in [1.165, 1.54) is 11.6 Å². The third-order valence-electron chi connectivity index (χ3n) is 5.88. The van der Waals surface area contributed by atoms with Crippen LogP contribution in [0.3, 0.4) is 0 Å². The number of benzene rings is 2. The first-order valence-electron chi connectivity index (χ1n) is 10.6. The maximum Gasteiger partial charge on any atom is 0.287 e. The molecule has 0 saturated heterocycles. The van der Waals surface area contributed by atoms with Crippen LogP contribution in [0.2, 0.25) is 0 Å². The van der Waals surface area contributed by atoms with Crippen molar-refractivity contribution in [1.29, 1.82) is 0 Å². The molecule has 1 N–H and O–H groups in total. The molecule has 0 spiro atoms. The van der Waals surface area contributed by atoms with Crippen molar-refractivity contribution in [3.63, 3.8) is 0 Å². The number of nitrogens with zero attached hydrogens (tertiary/aromatic N) is 1. The molecule has 1 heterocycles. The molecule has 0 aliphatic carbocycles. The Morgan fingerprint density at radius 1 is 1.06 bits per heavy atom. The van der Waals surface area contributed by atoms with Gasteiger partial charge < -0.3 is 14.6 Å². The van der Waals surface area contributed by atoms with E-state index in [2.05, 4.69) is 55.3 Å². The van der Waals surface area contributed by atoms with Crippen LogP contribution in [0.4, 0.5) is 0 Å². The molecular weight excluding hydrogens is 388 g/mol. The van der Waals surface area contributed by atoms with Gasteiger partial charge in [0.2, 0.25) is 0 Å². The van der Waals surface area contributed by atoms with Gasteiger partial charge in [0.25, 0.3) is 5.91 Å². The second-order valence-electron chi connectivity index (χ2n) is 9.42. The van der Waals surface area contributed by atoms with Gasteiger partial charge >= 0.3 is 0 Å². The highest BCUT2D eigenvalue weighted by molar-refractivity contribution is 5.93. The van der Waals surface area contributed by atoms with E-state index in [-0.39, 0.29) is 22.6 Å². The summed E-state index contributed by atoms with van der Waals surface area (Å²) in [5, 5.41) is 3.43. The molecule has 5 heteroatoms. The van der Waals surface area contributed by atoms with Crippen molar-refractivity contribution in [3.05, 3.63) is 80.7 Å². The highest BCUT2D eigenvalue weighted by Crippen LogP contribution is 2.25. The van der Waals surface area contributed by atoms with Crippen LogP contribution in [-0.2, 0) is 5.41 Å². The first-order chi connectivity index (χ1) is 14.5. The van der Waals surface area contributed by atoms with E-state index in [0.29, 0.717) is 17.5 Å². The summed E-state index contributed by atoms with van der Waals surface area (Å²) in [6.45, 7) is 10.8. The van der Waals surface area contributed by atoms with E-state index in [4.69, 9.17) is 4.42 Å². The zero-order valence-corrected chi connectivity index (χ0v) is 19.5. The lowest BCUT2D eigenvalue weighted by Crippen LogP contribution is -2.35. The van der Waals surface area contributed by atoms with Crippen molar-refractivity contribution in [1.82, 2.24) is 10.2 Å². The van der Waals surface area contributed by atoms with E-state index in [1.54, 1.807) is 6.07 Å². The smallest absolute Gasteiger partial charge is 0.287 e. The first kappa shape index (κ1) is 22.8. The van der Waals surface area contributed by atoms with Gasteiger partial charge in [-0.1, -0.05) is 51.1 Å². The lowest BCUT2D eigenvalue weighted by Gasteiger charge is -2.26. The molecule has 2 aromatic carbocycles. The number of likely N-dealkylation sites (N-methyl/N-ethyl adjacent to an activating group) is 1. The third kappa shape index (κ3) is 4.88. The van der Waals surface area contributed by atoms with Crippen LogP contribution in [-0.4, -0.2) is 31.4 Å². The fourth-order valence-electron chi connectivity index (χ4n) is 3.64. The molecule has 164 valence electrons. The number of carbonyl (C=O) groups excluding carboxylic acids is 1. The fourth-order valence-corrected chi connectivity index (χ4v) is 3.64. The predicted octanol–water partition coefficient (Wildman–Crippen LogP) is 4.74. The van der Waals surface area contributed by atoms with Crippen molar-refractivity contribution >= 4 is 16.9 Å². The van der Waals surface area contributed by atoms with Crippen LogP contribution in [0, 0.1) is 13.8 Å². The van der Waals surface area contributed by atoms with E-state index < -0.39 is 5.91 Å². The van der Waals surface area contributed by atoms with Crippen molar-refractivity contribution < 1.29 is 9.21 Å². The summed E-state index contributed by atoms with van der Waals surface area (Å²) >= 11 is 0. The second kappa shape index (κ2) is 8.67. The molecule has 0 aliphatic rings. The molecule has 1 amide bonds. The molecule has 0 fully saturated rings. The normalized spacial score (nSPS) is 12.9. The van der Waals surface area contributed by atoms with Gasteiger partial charge in [-0.05, 0) is 61.7 Å². The third-order valence-corrected chi connectivity index (χ3v) is 5.88. The summed E-state index contributed by atoms with van der Waals surface area (Å²) in [6.07, 6.45) is 0. The number of fused-ring (bicyclic) bond motifs is 1. The monoisotopic (exact) mass is 420 g/mol. The van der Waals surface area contributed by atoms with Gasteiger partial charge in [0.1, 0.15) is 5.58 Å². The first-order valence-corrected chi connectivity index (χ1v) is 10.6. The van der Waals surface area contributed by atoms with Gasteiger partial charge in [-0.2, -0.15) is 0 Å². The summed E-state index contributed by atoms with van der Waals surface area (Å²) in [5.74, 6) is -0.357. The van der Waals surface area contributed by atoms with Crippen LogP contribution in [0.15, 0.2) is 51.7 Å². The van der Waals surface area contributed by atoms with Crippen LogP contribution in [0.5, 0.6) is 0 Å². The van der Waals surface area contributed by atoms with Crippen molar-refractivity contribution in [2.24, 2.45) is 0 Å². The van der Waals surface area contributed by atoms with E-state index in [1.807, 2.05) is 34.0 Å². The Bertz CT molecular complexity index is 1150. The minimum atomic E-state index is -0.391. The number of rotatable bonds is 5. The fraction of sp³-hybridized carbons (Fsp3) is 0.385. The highest BCUT2D eigenvalue weighted by Gasteiger charge is 2.20. The molecule has 3 aromatic rings. The Hall–Kier alpha value is -2.92. The molecular formula is C26H32N2O3. The Balaban J connectivity index is 1.82. The van der Waals surface area contributed by atoms with Gasteiger partial charge in [-0.3, -0.25) is 9.59 Å². The molecule has 0 aliphatic heterocycles. The van der Waals surface area contributed by atoms with Crippen LogP contribution in [0.25, 0.3) is 11.0 Å². The van der Waals surface area contributed by atoms with Crippen LogP contribution >= 0.6 is 0 Å². The summed E-state index contributed by atoms with van der Waals surface area (Å²) < 4.78 is 5.84. The lowest BCUT2D eigenvalue weighted by atomic mass is 9.86. The minimum Gasteiger partial charge on any atom is -0.450 e. The Morgan fingerprint density at radius 3 is 2.29 bits per heavy atom. The molecule has 0 bridgehead atoms. The van der Waals surface area contributed by atoms with E-state index >= 15 is 0 Å². The number of hydrogen-bond acceptors (Lipinski definition) is 4. The molecule has 1 aromatic heterocycles. The molecule has 0 radical (unpaired) electrons. The Labute approximate surface area is 184 Å². The van der Waals surface area contributed by atoms with E-state index in [0.717, 1.165) is 16.7 Å². The van der Waals surface area contributed by atoms with E-state index in [9.17, 15) is 9.59 Å². The molecule has 0 saturated carbocycles. The topological polar surface area (TPSA) is 62.6 Å². The zero-order valence-electron chi connectivity index (χ0n) is 19.5. The average molecular weight is 421 g/mol. The van der Waals surface area contributed by atoms with Crippen molar-refractivity contribution in [2.45, 2.75) is 46.1 Å². The summed E-state index contributed by atoms with van der Waals surface area (Å²) in [4.78, 5) is 27.4. The van der Waals surface area contributed by atoms with Crippen LogP contribution in [0.1, 0.15) is 59.6 Å². The maximum atomic E-state index is 12.8. The minimum absolute atomic E-state index is 0.00544. The van der Waals surface area contributed by atoms with Gasteiger partial charge in [-0.25, -0.2) is 0 Å². The maximum absolute atomic E-state index is 12.8. The number of carbonyl (C=O) groups is 1. The van der Waals surface area contributed by atoms with Crippen LogP contribution < -0.4 is 10.7 Å². The van der Waals surface area contributed by atoms with Gasteiger partial charge in [0.05, 0.1) is 11.4 Å². The van der Waals surface area contributed by atoms with Gasteiger partial charge in [-0.15, -0.1) is 0 Å². The number of hydrogen-bond donors (Lipinski definition) is 1. The lowest BCUT2D eigenvalue weighted by molar-refractivity contribution is 0.0914. The number of aryl methyl sites for hydroxylation is 2. The summed E-state index contributed by atoms with van der Waals surface area (Å²) in [6, 6.07) is 13.4. The predicted molar refractivity (Wildman–Crippen MR) is 126 cm³/mol. The standard InChI is InChI=1S/C26H32N2O3/c1-16-8-13-20-22(29)14-23(31-24(20)17(16)2)25(30)27-15-21(28(6)7)18-9-11-19(12-10-18)26(3,4)5/h8-14,21H,15H2,1-7H3,(H,27,30)/t21-/m0/s1. The SMILES string of the molecule is Cc1ccc2c(=O)cc(C(=O)NC[C@@H](c3ccc(C(C)(C)C)cc3)N(C)C)oc2c1C. The highest BCUT2D eigenvalue weighted by atomic mass is 16.3. The Morgan fingerprint density at radius 2 is 1.71 bits per heavy atom. The van der Waals surface area contributed by atoms with Gasteiger partial charge in [0.15, 0.2) is 11.2 Å². The average Bonchev–Trinajstić information content (AvgIpc) is 2.70. The van der Waals surface area contributed by atoms with Gasteiger partial charge in [0, 0.05) is 12.6 Å². The van der Waals surface area contributed by atoms with Crippen molar-refractivity contribution in [3.8, 4) is 0 Å². The number of amides is 1. The molecule has 5 nitrogen and oxygen atoms in total. The molecule has 0 unspecified atom stereocenters. The zero-order chi connectivity index (χ0) is 22.9. The Kier molecular flexibility index (Phi) is 6.37. The quantitative estimate of drug-likeness (QED) is 0.648. The number of nitrogens with one attached hydrogen (secondary N) is 1. The largest absolute Gasteiger partial charge is 0.450 e. The summed E-state index contributed by atoms with van der Waals surface area (Å²) in [7, 11) is 3.97. The molecule has 1 atom stereocenters. The second-order valence-corrected chi connectivity index (χ2v) is 9.42.